The number of rotatable bonds is 7. The molecule has 1 heterocycles. The van der Waals surface area contributed by atoms with E-state index in [1.54, 1.807) is 0 Å². The molecule has 0 bridgehead atoms. The number of likely N-dealkylation sites (tertiary alicyclic amines) is 1. The SMILES string of the molecule is CCC[C@H](NC(=O)OCC1c2ccccc2-c2ccccc21)C(=O)N1C[C@H](O)C[C@H]1C(=O)O. The Morgan fingerprint density at radius 3 is 2.27 bits per heavy atom. The zero-order valence-corrected chi connectivity index (χ0v) is 18.4. The largest absolute Gasteiger partial charge is 0.480 e. The number of fused-ring (bicyclic) bond motifs is 3. The Morgan fingerprint density at radius 1 is 1.09 bits per heavy atom. The minimum absolute atomic E-state index is 0.0230. The second-order valence-electron chi connectivity index (χ2n) is 8.55. The van der Waals surface area contributed by atoms with E-state index in [2.05, 4.69) is 5.32 Å². The quantitative estimate of drug-likeness (QED) is 0.595. The van der Waals surface area contributed by atoms with E-state index >= 15 is 0 Å². The zero-order chi connectivity index (χ0) is 23.5. The van der Waals surface area contributed by atoms with E-state index in [1.807, 2.05) is 55.5 Å². The van der Waals surface area contributed by atoms with Gasteiger partial charge in [-0.2, -0.15) is 0 Å². The van der Waals surface area contributed by atoms with E-state index < -0.39 is 36.2 Å². The molecule has 1 fully saturated rings. The summed E-state index contributed by atoms with van der Waals surface area (Å²) in [4.78, 5) is 38.3. The van der Waals surface area contributed by atoms with Gasteiger partial charge in [-0.3, -0.25) is 4.79 Å². The molecule has 0 saturated carbocycles. The van der Waals surface area contributed by atoms with Gasteiger partial charge in [0.25, 0.3) is 0 Å². The lowest BCUT2D eigenvalue weighted by atomic mass is 9.98. The first-order valence-electron chi connectivity index (χ1n) is 11.2. The molecule has 0 spiro atoms. The minimum Gasteiger partial charge on any atom is -0.480 e. The number of carbonyl (C=O) groups excluding carboxylic acids is 2. The Morgan fingerprint density at radius 2 is 1.70 bits per heavy atom. The molecule has 174 valence electrons. The van der Waals surface area contributed by atoms with Gasteiger partial charge in [-0.15, -0.1) is 0 Å². The van der Waals surface area contributed by atoms with Crippen molar-refractivity contribution < 1.29 is 29.3 Å². The Kier molecular flexibility index (Phi) is 6.65. The first-order valence-corrected chi connectivity index (χ1v) is 11.2. The summed E-state index contributed by atoms with van der Waals surface area (Å²) in [6.07, 6.45) is -0.705. The van der Waals surface area contributed by atoms with Gasteiger partial charge in [-0.05, 0) is 28.7 Å². The molecular weight excluding hydrogens is 424 g/mol. The highest BCUT2D eigenvalue weighted by atomic mass is 16.5. The van der Waals surface area contributed by atoms with E-state index in [0.29, 0.717) is 12.8 Å². The predicted octanol–water partition coefficient (Wildman–Crippen LogP) is 2.74. The number of carboxylic acids is 1. The minimum atomic E-state index is -1.17. The first kappa shape index (κ1) is 22.8. The smallest absolute Gasteiger partial charge is 0.407 e. The molecule has 2 aromatic rings. The number of hydrogen-bond acceptors (Lipinski definition) is 5. The number of aliphatic hydroxyl groups excluding tert-OH is 1. The molecule has 1 aliphatic carbocycles. The molecular formula is C25H28N2O6. The monoisotopic (exact) mass is 452 g/mol. The van der Waals surface area contributed by atoms with Crippen LogP contribution >= 0.6 is 0 Å². The normalized spacial score (nSPS) is 20.1. The van der Waals surface area contributed by atoms with Crippen LogP contribution in [-0.2, 0) is 14.3 Å². The molecule has 1 saturated heterocycles. The van der Waals surface area contributed by atoms with Gasteiger partial charge in [-0.25, -0.2) is 9.59 Å². The van der Waals surface area contributed by atoms with Crippen LogP contribution in [0.15, 0.2) is 48.5 Å². The highest BCUT2D eigenvalue weighted by Gasteiger charge is 2.41. The van der Waals surface area contributed by atoms with Gasteiger partial charge in [0, 0.05) is 18.9 Å². The number of benzene rings is 2. The average molecular weight is 453 g/mol. The summed E-state index contributed by atoms with van der Waals surface area (Å²) in [7, 11) is 0. The molecule has 0 radical (unpaired) electrons. The molecule has 8 heteroatoms. The average Bonchev–Trinajstić information content (AvgIpc) is 3.35. The molecule has 2 aromatic carbocycles. The van der Waals surface area contributed by atoms with Crippen LogP contribution in [0.1, 0.15) is 43.2 Å². The van der Waals surface area contributed by atoms with E-state index in [4.69, 9.17) is 4.74 Å². The first-order chi connectivity index (χ1) is 15.9. The number of β-amino-alcohol motifs (C(OH)–C–C–N with tert-alkyl or cyclic N) is 1. The van der Waals surface area contributed by atoms with E-state index in [9.17, 15) is 24.6 Å². The molecule has 2 amide bonds. The van der Waals surface area contributed by atoms with Gasteiger partial charge in [0.05, 0.1) is 6.10 Å². The van der Waals surface area contributed by atoms with Gasteiger partial charge in [-0.1, -0.05) is 61.9 Å². The van der Waals surface area contributed by atoms with Gasteiger partial charge < -0.3 is 25.2 Å². The molecule has 3 atom stereocenters. The number of hydrogen-bond donors (Lipinski definition) is 3. The lowest BCUT2D eigenvalue weighted by molar-refractivity contribution is -0.149. The molecule has 33 heavy (non-hydrogen) atoms. The van der Waals surface area contributed by atoms with Crippen LogP contribution < -0.4 is 5.32 Å². The molecule has 1 aliphatic heterocycles. The summed E-state index contributed by atoms with van der Waals surface area (Å²) < 4.78 is 5.54. The summed E-state index contributed by atoms with van der Waals surface area (Å²) in [6.45, 7) is 1.92. The van der Waals surface area contributed by atoms with Crippen LogP contribution in [0.25, 0.3) is 11.1 Å². The predicted molar refractivity (Wildman–Crippen MR) is 121 cm³/mol. The van der Waals surface area contributed by atoms with Crippen molar-refractivity contribution in [2.24, 2.45) is 0 Å². The number of alkyl carbamates (subject to hydrolysis) is 1. The highest BCUT2D eigenvalue weighted by molar-refractivity contribution is 5.90. The van der Waals surface area contributed by atoms with E-state index in [1.165, 1.54) is 0 Å². The number of nitrogens with zero attached hydrogens (tertiary/aromatic N) is 1. The molecule has 3 N–H and O–H groups in total. The Bertz CT molecular complexity index is 1010. The third-order valence-electron chi connectivity index (χ3n) is 6.36. The second kappa shape index (κ2) is 9.62. The number of nitrogens with one attached hydrogen (secondary N) is 1. The number of carbonyl (C=O) groups is 3. The van der Waals surface area contributed by atoms with Crippen molar-refractivity contribution in [3.63, 3.8) is 0 Å². The second-order valence-corrected chi connectivity index (χ2v) is 8.55. The van der Waals surface area contributed by atoms with Crippen molar-refractivity contribution in [1.29, 1.82) is 0 Å². The van der Waals surface area contributed by atoms with Crippen LogP contribution in [0.3, 0.4) is 0 Å². The molecule has 8 nitrogen and oxygen atoms in total. The highest BCUT2D eigenvalue weighted by Crippen LogP contribution is 2.44. The van der Waals surface area contributed by atoms with Gasteiger partial charge in [0.1, 0.15) is 18.7 Å². The van der Waals surface area contributed by atoms with Gasteiger partial charge in [0.15, 0.2) is 0 Å². The lowest BCUT2D eigenvalue weighted by Gasteiger charge is -2.27. The zero-order valence-electron chi connectivity index (χ0n) is 18.4. The maximum atomic E-state index is 13.0. The van der Waals surface area contributed by atoms with Gasteiger partial charge in [0.2, 0.25) is 5.91 Å². The topological polar surface area (TPSA) is 116 Å². The molecule has 2 aliphatic rings. The summed E-state index contributed by atoms with van der Waals surface area (Å²) in [5.74, 6) is -1.79. The van der Waals surface area contributed by atoms with Crippen LogP contribution in [0.2, 0.25) is 0 Å². The van der Waals surface area contributed by atoms with E-state index in [-0.39, 0.29) is 25.5 Å². The number of aliphatic carboxylic acids is 1. The standard InChI is InChI=1S/C25H28N2O6/c1-2-7-21(23(29)27-13-15(28)12-22(27)24(30)31)26-25(32)33-14-20-18-10-5-3-8-16(18)17-9-4-6-11-19(17)20/h3-6,8-11,15,20-22,28H,2,7,12-14H2,1H3,(H,26,32)(H,30,31)/t15-,21+,22+/m1/s1. The van der Waals surface area contributed by atoms with Crippen molar-refractivity contribution >= 4 is 18.0 Å². The maximum absolute atomic E-state index is 13.0. The number of aliphatic hydroxyl groups is 1. The van der Waals surface area contributed by atoms with Crippen LogP contribution in [0, 0.1) is 0 Å². The van der Waals surface area contributed by atoms with Gasteiger partial charge >= 0.3 is 12.1 Å². The number of carboxylic acid groups (broad SMARTS) is 1. The Labute approximate surface area is 192 Å². The lowest BCUT2D eigenvalue weighted by Crippen LogP contribution is -2.52. The summed E-state index contributed by atoms with van der Waals surface area (Å²) >= 11 is 0. The number of amides is 2. The fraction of sp³-hybridized carbons (Fsp3) is 0.400. The number of ether oxygens (including phenoxy) is 1. The van der Waals surface area contributed by atoms with Crippen molar-refractivity contribution in [1.82, 2.24) is 10.2 Å². The van der Waals surface area contributed by atoms with Crippen LogP contribution in [-0.4, -0.2) is 64.4 Å². The van der Waals surface area contributed by atoms with Crippen molar-refractivity contribution in [3.8, 4) is 11.1 Å². The summed E-state index contributed by atoms with van der Waals surface area (Å²) in [6, 6.07) is 14.0. The fourth-order valence-corrected chi connectivity index (χ4v) is 4.82. The Balaban J connectivity index is 1.43. The Hall–Kier alpha value is -3.39. The third-order valence-corrected chi connectivity index (χ3v) is 6.36. The fourth-order valence-electron chi connectivity index (χ4n) is 4.82. The molecule has 4 rings (SSSR count). The van der Waals surface area contributed by atoms with Crippen molar-refractivity contribution in [2.45, 2.75) is 50.3 Å². The van der Waals surface area contributed by atoms with Crippen LogP contribution in [0.4, 0.5) is 4.79 Å². The van der Waals surface area contributed by atoms with E-state index in [0.717, 1.165) is 27.2 Å². The van der Waals surface area contributed by atoms with Crippen molar-refractivity contribution in [2.75, 3.05) is 13.2 Å². The summed E-state index contributed by atoms with van der Waals surface area (Å²) in [5.41, 5.74) is 4.41. The maximum Gasteiger partial charge on any atom is 0.407 e. The van der Waals surface area contributed by atoms with Crippen molar-refractivity contribution in [3.05, 3.63) is 59.7 Å². The summed E-state index contributed by atoms with van der Waals surface area (Å²) in [5, 5.41) is 21.9. The van der Waals surface area contributed by atoms with Crippen LogP contribution in [0.5, 0.6) is 0 Å². The molecule has 0 unspecified atom stereocenters. The third kappa shape index (κ3) is 4.57. The molecule has 0 aromatic heterocycles.